The Labute approximate surface area is 105 Å². The third kappa shape index (κ3) is 1.79. The number of carbonyl (C=O) groups excluding carboxylic acids is 1. The van der Waals surface area contributed by atoms with Crippen molar-refractivity contribution in [3.8, 4) is 0 Å². The number of nitrogens with two attached hydrogens (primary N) is 1. The number of hydrogen-bond acceptors (Lipinski definition) is 2. The Morgan fingerprint density at radius 2 is 2.22 bits per heavy atom. The molecule has 1 atom stereocenters. The number of nitrogens with one attached hydrogen (secondary N) is 2. The number of urea groups is 1. The van der Waals surface area contributed by atoms with Gasteiger partial charge in [-0.1, -0.05) is 6.07 Å². The highest BCUT2D eigenvalue weighted by Gasteiger charge is 2.30. The molecule has 5 heteroatoms. The van der Waals surface area contributed by atoms with E-state index in [0.29, 0.717) is 12.2 Å². The number of nitrogen functional groups attached to an aromatic ring is 1. The summed E-state index contributed by atoms with van der Waals surface area (Å²) in [5.41, 5.74) is 8.30. The molecule has 0 radical (unpaired) electrons. The van der Waals surface area contributed by atoms with Gasteiger partial charge in [-0.05, 0) is 29.8 Å². The first-order valence-electron chi connectivity index (χ1n) is 5.80. The van der Waals surface area contributed by atoms with Crippen molar-refractivity contribution in [2.75, 3.05) is 17.2 Å². The highest BCUT2D eigenvalue weighted by Crippen LogP contribution is 2.26. The van der Waals surface area contributed by atoms with Crippen molar-refractivity contribution < 1.29 is 4.79 Å². The summed E-state index contributed by atoms with van der Waals surface area (Å²) in [7, 11) is 0. The van der Waals surface area contributed by atoms with Gasteiger partial charge >= 0.3 is 6.03 Å². The Bertz CT molecular complexity index is 564. The van der Waals surface area contributed by atoms with Gasteiger partial charge in [0.2, 0.25) is 0 Å². The predicted octanol–water partition coefficient (Wildman–Crippen LogP) is 1.87. The van der Waals surface area contributed by atoms with Crippen LogP contribution in [-0.2, 0) is 0 Å². The molecule has 1 fully saturated rings. The number of carbonyl (C=O) groups is 1. The molecule has 92 valence electrons. The van der Waals surface area contributed by atoms with Crippen molar-refractivity contribution in [1.82, 2.24) is 10.3 Å². The molecule has 0 bridgehead atoms. The van der Waals surface area contributed by atoms with Crippen molar-refractivity contribution in [2.24, 2.45) is 0 Å². The summed E-state index contributed by atoms with van der Waals surface area (Å²) in [5, 5.41) is 2.95. The summed E-state index contributed by atoms with van der Waals surface area (Å²) in [4.78, 5) is 16.7. The van der Waals surface area contributed by atoms with Gasteiger partial charge in [0.05, 0.1) is 12.6 Å². The van der Waals surface area contributed by atoms with E-state index in [1.807, 2.05) is 30.6 Å². The first-order valence-corrected chi connectivity index (χ1v) is 5.80. The third-order valence-corrected chi connectivity index (χ3v) is 3.11. The summed E-state index contributed by atoms with van der Waals surface area (Å²) in [6, 6.07) is 9.24. The van der Waals surface area contributed by atoms with E-state index in [0.717, 1.165) is 11.3 Å². The highest BCUT2D eigenvalue weighted by atomic mass is 16.2. The molecule has 1 aliphatic rings. The summed E-state index contributed by atoms with van der Waals surface area (Å²) in [5.74, 6) is 0. The maximum Gasteiger partial charge on any atom is 0.322 e. The molecule has 0 saturated carbocycles. The van der Waals surface area contributed by atoms with Gasteiger partial charge in [-0.3, -0.25) is 4.90 Å². The lowest BCUT2D eigenvalue weighted by Crippen LogP contribution is -2.27. The normalized spacial score (nSPS) is 19.0. The molecular weight excluding hydrogens is 228 g/mol. The third-order valence-electron chi connectivity index (χ3n) is 3.11. The zero-order valence-electron chi connectivity index (χ0n) is 9.76. The van der Waals surface area contributed by atoms with E-state index in [2.05, 4.69) is 10.3 Å². The molecule has 1 unspecified atom stereocenters. The molecule has 3 rings (SSSR count). The van der Waals surface area contributed by atoms with E-state index in [1.54, 1.807) is 17.0 Å². The lowest BCUT2D eigenvalue weighted by molar-refractivity contribution is 0.251. The maximum atomic E-state index is 12.0. The van der Waals surface area contributed by atoms with E-state index in [-0.39, 0.29) is 12.1 Å². The zero-order chi connectivity index (χ0) is 12.5. The number of hydrogen-bond donors (Lipinski definition) is 3. The van der Waals surface area contributed by atoms with Crippen LogP contribution in [0, 0.1) is 0 Å². The smallest absolute Gasteiger partial charge is 0.322 e. The molecular formula is C13H14N4O. The van der Waals surface area contributed by atoms with Gasteiger partial charge in [-0.15, -0.1) is 0 Å². The lowest BCUT2D eigenvalue weighted by Gasteiger charge is -2.14. The van der Waals surface area contributed by atoms with Gasteiger partial charge in [0.1, 0.15) is 0 Å². The Kier molecular flexibility index (Phi) is 2.44. The number of aromatic amines is 1. The van der Waals surface area contributed by atoms with Crippen LogP contribution in [0.3, 0.4) is 0 Å². The largest absolute Gasteiger partial charge is 0.399 e. The zero-order valence-corrected chi connectivity index (χ0v) is 9.76. The van der Waals surface area contributed by atoms with Crippen LogP contribution < -0.4 is 16.0 Å². The number of benzene rings is 1. The number of anilines is 2. The molecule has 0 aliphatic carbocycles. The molecule has 1 aliphatic heterocycles. The topological polar surface area (TPSA) is 74.2 Å². The van der Waals surface area contributed by atoms with E-state index < -0.39 is 0 Å². The standard InChI is InChI=1S/C13H14N4O/c14-10-2-1-3-11(6-10)17-8-12(16-13(17)18)9-4-5-15-7-9/h1-7,12,15H,8,14H2,(H,16,18). The van der Waals surface area contributed by atoms with Gasteiger partial charge in [-0.2, -0.15) is 0 Å². The first kappa shape index (κ1) is 10.7. The number of nitrogens with zero attached hydrogens (tertiary/aromatic N) is 1. The number of rotatable bonds is 2. The van der Waals surface area contributed by atoms with Gasteiger partial charge in [-0.25, -0.2) is 4.79 Å². The molecule has 2 amide bonds. The predicted molar refractivity (Wildman–Crippen MR) is 70.3 cm³/mol. The highest BCUT2D eigenvalue weighted by molar-refractivity contribution is 5.95. The summed E-state index contributed by atoms with van der Waals surface area (Å²) in [6.45, 7) is 0.611. The van der Waals surface area contributed by atoms with Crippen LogP contribution in [0.2, 0.25) is 0 Å². The van der Waals surface area contributed by atoms with Crippen LogP contribution >= 0.6 is 0 Å². The minimum atomic E-state index is -0.0909. The average Bonchev–Trinajstić information content (AvgIpc) is 2.97. The summed E-state index contributed by atoms with van der Waals surface area (Å²) >= 11 is 0. The van der Waals surface area contributed by atoms with Crippen LogP contribution in [0.1, 0.15) is 11.6 Å². The van der Waals surface area contributed by atoms with Crippen LogP contribution in [0.25, 0.3) is 0 Å². The Morgan fingerprint density at radius 3 is 2.94 bits per heavy atom. The molecule has 1 aromatic carbocycles. The average molecular weight is 242 g/mol. The van der Waals surface area contributed by atoms with Crippen molar-refractivity contribution in [3.05, 3.63) is 48.3 Å². The monoisotopic (exact) mass is 242 g/mol. The second kappa shape index (κ2) is 4.10. The fourth-order valence-corrected chi connectivity index (χ4v) is 2.20. The fraction of sp³-hybridized carbons (Fsp3) is 0.154. The Morgan fingerprint density at radius 1 is 1.33 bits per heavy atom. The van der Waals surface area contributed by atoms with Crippen LogP contribution in [0.5, 0.6) is 0 Å². The molecule has 4 N–H and O–H groups in total. The van der Waals surface area contributed by atoms with Crippen LogP contribution in [0.4, 0.5) is 16.2 Å². The molecule has 2 aromatic rings. The SMILES string of the molecule is Nc1cccc(N2CC(c3cc[nH]c3)NC2=O)c1. The van der Waals surface area contributed by atoms with Crippen molar-refractivity contribution in [1.29, 1.82) is 0 Å². The van der Waals surface area contributed by atoms with E-state index in [9.17, 15) is 4.79 Å². The maximum absolute atomic E-state index is 12.0. The van der Waals surface area contributed by atoms with Gasteiger partial charge < -0.3 is 16.0 Å². The number of aromatic nitrogens is 1. The summed E-state index contributed by atoms with van der Waals surface area (Å²) in [6.07, 6.45) is 3.75. The quantitative estimate of drug-likeness (QED) is 0.703. The van der Waals surface area contributed by atoms with Crippen molar-refractivity contribution in [2.45, 2.75) is 6.04 Å². The number of amides is 2. The minimum Gasteiger partial charge on any atom is -0.399 e. The molecule has 2 heterocycles. The van der Waals surface area contributed by atoms with E-state index >= 15 is 0 Å². The second-order valence-corrected chi connectivity index (χ2v) is 4.35. The summed E-state index contributed by atoms with van der Waals surface area (Å²) < 4.78 is 0. The first-order chi connectivity index (χ1) is 8.74. The number of H-pyrrole nitrogens is 1. The molecule has 1 saturated heterocycles. The Balaban J connectivity index is 1.85. The van der Waals surface area contributed by atoms with Gasteiger partial charge in [0.15, 0.2) is 0 Å². The lowest BCUT2D eigenvalue weighted by atomic mass is 10.1. The van der Waals surface area contributed by atoms with Crippen LogP contribution in [-0.4, -0.2) is 17.6 Å². The molecule has 5 nitrogen and oxygen atoms in total. The van der Waals surface area contributed by atoms with Crippen molar-refractivity contribution >= 4 is 17.4 Å². The van der Waals surface area contributed by atoms with E-state index in [4.69, 9.17) is 5.73 Å². The second-order valence-electron chi connectivity index (χ2n) is 4.35. The fourth-order valence-electron chi connectivity index (χ4n) is 2.20. The van der Waals surface area contributed by atoms with E-state index in [1.165, 1.54) is 0 Å². The van der Waals surface area contributed by atoms with Gasteiger partial charge in [0, 0.05) is 23.8 Å². The minimum absolute atomic E-state index is 0.0187. The molecule has 0 spiro atoms. The molecule has 18 heavy (non-hydrogen) atoms. The van der Waals surface area contributed by atoms with Crippen LogP contribution in [0.15, 0.2) is 42.7 Å². The Hall–Kier alpha value is -2.43. The van der Waals surface area contributed by atoms with Crippen molar-refractivity contribution in [3.63, 3.8) is 0 Å². The van der Waals surface area contributed by atoms with Gasteiger partial charge in [0.25, 0.3) is 0 Å². The molecule has 1 aromatic heterocycles.